The molecule has 1 N–H and O–H groups in total. The Kier molecular flexibility index (Phi) is 2.84. The van der Waals surface area contributed by atoms with Crippen LogP contribution in [0.5, 0.6) is 0 Å². The summed E-state index contributed by atoms with van der Waals surface area (Å²) in [5.41, 5.74) is 0.910. The van der Waals surface area contributed by atoms with E-state index < -0.39 is 9.84 Å². The van der Waals surface area contributed by atoms with E-state index in [2.05, 4.69) is 5.32 Å². The predicted molar refractivity (Wildman–Crippen MR) is 57.3 cm³/mol. The second-order valence-corrected chi connectivity index (χ2v) is 6.35. The van der Waals surface area contributed by atoms with Crippen LogP contribution in [-0.2, 0) is 9.84 Å². The maximum absolute atomic E-state index is 11.7. The Morgan fingerprint density at radius 1 is 1.47 bits per heavy atom. The third-order valence-corrected chi connectivity index (χ3v) is 4.54. The zero-order valence-corrected chi connectivity index (χ0v) is 9.46. The minimum atomic E-state index is -2.95. The van der Waals surface area contributed by atoms with Crippen LogP contribution >= 0.6 is 0 Å². The molecular weight excluding hydrogens is 214 g/mol. The molecule has 2 rings (SSSR count). The Morgan fingerprint density at radius 2 is 2.27 bits per heavy atom. The number of sulfone groups is 1. The predicted octanol–water partition coefficient (Wildman–Crippen LogP) is 0.975. The highest BCUT2D eigenvalue weighted by atomic mass is 32.2. The van der Waals surface area contributed by atoms with Crippen molar-refractivity contribution in [3.8, 4) is 0 Å². The van der Waals surface area contributed by atoms with Crippen molar-refractivity contribution in [3.63, 3.8) is 0 Å². The number of hydrogen-bond acceptors (Lipinski definition) is 4. The van der Waals surface area contributed by atoms with Gasteiger partial charge in [0.2, 0.25) is 0 Å². The maximum atomic E-state index is 11.7. The summed E-state index contributed by atoms with van der Waals surface area (Å²) in [5.74, 6) is 0.609. The quantitative estimate of drug-likeness (QED) is 0.779. The van der Waals surface area contributed by atoms with Gasteiger partial charge in [-0.15, -0.1) is 0 Å². The lowest BCUT2D eigenvalue weighted by atomic mass is 10.1. The molecule has 0 aromatic carbocycles. The van der Waals surface area contributed by atoms with E-state index in [0.717, 1.165) is 12.1 Å². The number of rotatable bonds is 1. The highest BCUT2D eigenvalue weighted by Gasteiger charge is 2.27. The number of nitrogens with one attached hydrogen (secondary N) is 1. The van der Waals surface area contributed by atoms with Crippen molar-refractivity contribution >= 4 is 9.84 Å². The van der Waals surface area contributed by atoms with E-state index in [9.17, 15) is 8.42 Å². The van der Waals surface area contributed by atoms with Gasteiger partial charge in [0.15, 0.2) is 9.84 Å². The van der Waals surface area contributed by atoms with E-state index in [0.29, 0.717) is 0 Å². The Morgan fingerprint density at radius 3 is 2.93 bits per heavy atom. The molecule has 1 fully saturated rings. The van der Waals surface area contributed by atoms with Gasteiger partial charge in [-0.3, -0.25) is 0 Å². The molecule has 0 spiro atoms. The van der Waals surface area contributed by atoms with Crippen LogP contribution < -0.4 is 5.32 Å². The van der Waals surface area contributed by atoms with Gasteiger partial charge in [0.05, 0.1) is 24.0 Å². The van der Waals surface area contributed by atoms with Crippen molar-refractivity contribution < 1.29 is 12.8 Å². The summed E-state index contributed by atoms with van der Waals surface area (Å²) in [6.45, 7) is 2.68. The molecule has 2 unspecified atom stereocenters. The molecular formula is C10H15NO3S. The topological polar surface area (TPSA) is 59.3 Å². The van der Waals surface area contributed by atoms with Gasteiger partial charge in [0.1, 0.15) is 0 Å². The van der Waals surface area contributed by atoms with E-state index in [1.807, 2.05) is 13.0 Å². The van der Waals surface area contributed by atoms with Gasteiger partial charge in [-0.05, 0) is 18.5 Å². The Balaban J connectivity index is 2.21. The van der Waals surface area contributed by atoms with E-state index in [1.54, 1.807) is 12.5 Å². The molecule has 2 heterocycles. The van der Waals surface area contributed by atoms with Gasteiger partial charge in [-0.2, -0.15) is 0 Å². The zero-order valence-electron chi connectivity index (χ0n) is 8.64. The molecule has 0 saturated carbocycles. The lowest BCUT2D eigenvalue weighted by molar-refractivity contribution is 0.508. The van der Waals surface area contributed by atoms with Crippen molar-refractivity contribution in [1.82, 2.24) is 5.32 Å². The van der Waals surface area contributed by atoms with E-state index in [-0.39, 0.29) is 23.5 Å². The minimum absolute atomic E-state index is 0.126. The number of hydrogen-bond donors (Lipinski definition) is 1. The first-order valence-electron chi connectivity index (χ1n) is 5.03. The molecule has 2 atom stereocenters. The molecule has 1 aromatic rings. The van der Waals surface area contributed by atoms with Gasteiger partial charge >= 0.3 is 0 Å². The van der Waals surface area contributed by atoms with Crippen LogP contribution in [0.2, 0.25) is 0 Å². The molecule has 84 valence electrons. The first kappa shape index (κ1) is 10.7. The second-order valence-electron chi connectivity index (χ2n) is 4.20. The average molecular weight is 229 g/mol. The van der Waals surface area contributed by atoms with Crippen LogP contribution in [0.1, 0.15) is 18.5 Å². The largest absolute Gasteiger partial charge is 0.472 e. The maximum Gasteiger partial charge on any atom is 0.152 e. The Hall–Kier alpha value is -0.810. The van der Waals surface area contributed by atoms with Gasteiger partial charge in [-0.1, -0.05) is 6.92 Å². The molecule has 1 aromatic heterocycles. The van der Waals surface area contributed by atoms with Gasteiger partial charge < -0.3 is 9.73 Å². The zero-order chi connectivity index (χ0) is 10.9. The molecule has 1 aliphatic heterocycles. The number of furan rings is 1. The summed E-state index contributed by atoms with van der Waals surface area (Å²) in [5, 5.41) is 3.25. The summed E-state index contributed by atoms with van der Waals surface area (Å²) in [6, 6.07) is 1.68. The molecule has 1 saturated heterocycles. The Bertz CT molecular complexity index is 410. The molecule has 5 heteroatoms. The molecule has 0 aliphatic carbocycles. The fourth-order valence-corrected chi connectivity index (χ4v) is 3.84. The summed E-state index contributed by atoms with van der Waals surface area (Å²) in [7, 11) is -2.95. The summed E-state index contributed by atoms with van der Waals surface area (Å²) >= 11 is 0. The first-order chi connectivity index (χ1) is 7.07. The van der Waals surface area contributed by atoms with E-state index in [1.165, 1.54) is 0 Å². The SMILES string of the molecule is CC1CNC(c2ccoc2)CS(=O)(=O)C1. The fraction of sp³-hybridized carbons (Fsp3) is 0.600. The molecule has 0 radical (unpaired) electrons. The van der Waals surface area contributed by atoms with Crippen molar-refractivity contribution in [1.29, 1.82) is 0 Å². The van der Waals surface area contributed by atoms with E-state index >= 15 is 0 Å². The molecule has 0 bridgehead atoms. The molecule has 1 aliphatic rings. The van der Waals surface area contributed by atoms with Gasteiger partial charge in [-0.25, -0.2) is 8.42 Å². The highest BCUT2D eigenvalue weighted by molar-refractivity contribution is 7.91. The van der Waals surface area contributed by atoms with Crippen LogP contribution in [0.4, 0.5) is 0 Å². The summed E-state index contributed by atoms with van der Waals surface area (Å²) < 4.78 is 28.4. The third-order valence-electron chi connectivity index (χ3n) is 2.62. The Labute approximate surface area is 89.6 Å². The summed E-state index contributed by atoms with van der Waals surface area (Å²) in [4.78, 5) is 0. The average Bonchev–Trinajstić information content (AvgIpc) is 2.59. The third kappa shape index (κ3) is 2.60. The molecule has 15 heavy (non-hydrogen) atoms. The van der Waals surface area contributed by atoms with Gasteiger partial charge in [0.25, 0.3) is 0 Å². The standard InChI is InChI=1S/C10H15NO3S/c1-8-4-11-10(7-15(12,13)6-8)9-2-3-14-5-9/h2-3,5,8,10-11H,4,6-7H2,1H3. The first-order valence-corrected chi connectivity index (χ1v) is 6.85. The second kappa shape index (κ2) is 3.98. The highest BCUT2D eigenvalue weighted by Crippen LogP contribution is 2.20. The van der Waals surface area contributed by atoms with Crippen molar-refractivity contribution in [2.75, 3.05) is 18.1 Å². The van der Waals surface area contributed by atoms with Gasteiger partial charge in [0, 0.05) is 11.6 Å². The van der Waals surface area contributed by atoms with Crippen molar-refractivity contribution in [2.45, 2.75) is 13.0 Å². The van der Waals surface area contributed by atoms with Crippen LogP contribution in [0.15, 0.2) is 23.0 Å². The summed E-state index contributed by atoms with van der Waals surface area (Å²) in [6.07, 6.45) is 3.17. The van der Waals surface area contributed by atoms with Crippen LogP contribution in [0, 0.1) is 5.92 Å². The smallest absolute Gasteiger partial charge is 0.152 e. The lowest BCUT2D eigenvalue weighted by Crippen LogP contribution is -2.25. The van der Waals surface area contributed by atoms with Crippen LogP contribution in [0.3, 0.4) is 0 Å². The van der Waals surface area contributed by atoms with Crippen molar-refractivity contribution in [3.05, 3.63) is 24.2 Å². The molecule has 4 nitrogen and oxygen atoms in total. The minimum Gasteiger partial charge on any atom is -0.472 e. The van der Waals surface area contributed by atoms with Crippen LogP contribution in [-0.4, -0.2) is 26.5 Å². The van der Waals surface area contributed by atoms with E-state index in [4.69, 9.17) is 4.42 Å². The molecule has 0 amide bonds. The van der Waals surface area contributed by atoms with Crippen molar-refractivity contribution in [2.24, 2.45) is 5.92 Å². The van der Waals surface area contributed by atoms with Crippen LogP contribution in [0.25, 0.3) is 0 Å². The monoisotopic (exact) mass is 229 g/mol. The normalized spacial score (nSPS) is 31.0. The fourth-order valence-electron chi connectivity index (χ4n) is 1.90. The lowest BCUT2D eigenvalue weighted by Gasteiger charge is -2.13.